The van der Waals surface area contributed by atoms with Crippen molar-refractivity contribution in [3.63, 3.8) is 0 Å². The van der Waals surface area contributed by atoms with E-state index in [2.05, 4.69) is 0 Å². The summed E-state index contributed by atoms with van der Waals surface area (Å²) in [6.45, 7) is 3.47. The van der Waals surface area contributed by atoms with Crippen LogP contribution < -0.4 is 0 Å². The van der Waals surface area contributed by atoms with Crippen LogP contribution in [0.1, 0.15) is 21.5 Å². The second kappa shape index (κ2) is 5.02. The summed E-state index contributed by atoms with van der Waals surface area (Å²) in [5, 5.41) is 9.24. The lowest BCUT2D eigenvalue weighted by molar-refractivity contribution is 0.0697. The molecule has 2 aromatic rings. The molecule has 19 heavy (non-hydrogen) atoms. The summed E-state index contributed by atoms with van der Waals surface area (Å²) in [5.41, 5.74) is 3.01. The van der Waals surface area contributed by atoms with Crippen LogP contribution in [0.15, 0.2) is 30.3 Å². The molecule has 0 aliphatic carbocycles. The normalized spacial score (nSPS) is 10.5. The van der Waals surface area contributed by atoms with Crippen LogP contribution in [0.2, 0.25) is 5.02 Å². The monoisotopic (exact) mass is 278 g/mol. The van der Waals surface area contributed by atoms with Crippen LogP contribution in [0.4, 0.5) is 4.39 Å². The molecule has 2 nitrogen and oxygen atoms in total. The zero-order valence-corrected chi connectivity index (χ0v) is 11.3. The van der Waals surface area contributed by atoms with Crippen LogP contribution in [0.5, 0.6) is 0 Å². The minimum atomic E-state index is -0.976. The maximum absolute atomic E-state index is 13.4. The van der Waals surface area contributed by atoms with Gasteiger partial charge in [0.2, 0.25) is 0 Å². The number of carboxylic acid groups (broad SMARTS) is 1. The molecule has 0 heterocycles. The fourth-order valence-corrected chi connectivity index (χ4v) is 2.21. The number of carboxylic acids is 1. The molecule has 0 saturated heterocycles. The van der Waals surface area contributed by atoms with E-state index in [-0.39, 0.29) is 11.4 Å². The van der Waals surface area contributed by atoms with Crippen LogP contribution >= 0.6 is 11.6 Å². The third-order valence-electron chi connectivity index (χ3n) is 3.01. The first-order chi connectivity index (χ1) is 8.90. The Morgan fingerprint density at radius 3 is 2.37 bits per heavy atom. The third kappa shape index (κ3) is 2.61. The molecule has 4 heteroatoms. The zero-order valence-electron chi connectivity index (χ0n) is 10.5. The number of carbonyl (C=O) groups is 1. The van der Waals surface area contributed by atoms with Gasteiger partial charge in [-0.3, -0.25) is 0 Å². The van der Waals surface area contributed by atoms with Crippen LogP contribution in [0, 0.1) is 19.7 Å². The molecular formula is C15H12ClFO2. The average Bonchev–Trinajstić information content (AvgIpc) is 2.34. The van der Waals surface area contributed by atoms with Gasteiger partial charge in [0.25, 0.3) is 0 Å². The largest absolute Gasteiger partial charge is 0.478 e. The Hall–Kier alpha value is -1.87. The first kappa shape index (κ1) is 13.6. The zero-order chi connectivity index (χ0) is 14.2. The van der Waals surface area contributed by atoms with Gasteiger partial charge in [-0.25, -0.2) is 9.18 Å². The van der Waals surface area contributed by atoms with Gasteiger partial charge in [0.15, 0.2) is 0 Å². The summed E-state index contributed by atoms with van der Waals surface area (Å²) in [6.07, 6.45) is 0. The maximum atomic E-state index is 13.4. The summed E-state index contributed by atoms with van der Waals surface area (Å²) in [7, 11) is 0. The van der Waals surface area contributed by atoms with Crippen LogP contribution in [0.3, 0.4) is 0 Å². The predicted molar refractivity (Wildman–Crippen MR) is 73.3 cm³/mol. The first-order valence-electron chi connectivity index (χ1n) is 5.70. The Bertz CT molecular complexity index is 665. The molecule has 1 N–H and O–H groups in total. The molecule has 0 atom stereocenters. The highest BCUT2D eigenvalue weighted by Gasteiger charge is 2.12. The third-order valence-corrected chi connectivity index (χ3v) is 3.32. The molecule has 0 amide bonds. The van der Waals surface area contributed by atoms with E-state index < -0.39 is 5.97 Å². The topological polar surface area (TPSA) is 37.3 Å². The number of hydrogen-bond acceptors (Lipinski definition) is 1. The summed E-state index contributed by atoms with van der Waals surface area (Å²) < 4.78 is 13.4. The van der Waals surface area contributed by atoms with Crippen molar-refractivity contribution in [1.29, 1.82) is 0 Å². The van der Waals surface area contributed by atoms with E-state index in [0.717, 1.165) is 11.1 Å². The van der Waals surface area contributed by atoms with Crippen molar-refractivity contribution >= 4 is 17.6 Å². The van der Waals surface area contributed by atoms with Crippen LogP contribution in [-0.2, 0) is 0 Å². The summed E-state index contributed by atoms with van der Waals surface area (Å²) in [4.78, 5) is 10.9. The van der Waals surface area contributed by atoms with Gasteiger partial charge in [0, 0.05) is 5.56 Å². The van der Waals surface area contributed by atoms with Gasteiger partial charge < -0.3 is 5.11 Å². The van der Waals surface area contributed by atoms with Gasteiger partial charge >= 0.3 is 5.97 Å². The van der Waals surface area contributed by atoms with Crippen molar-refractivity contribution < 1.29 is 14.3 Å². The number of rotatable bonds is 2. The Labute approximate surface area is 115 Å². The van der Waals surface area contributed by atoms with Crippen molar-refractivity contribution in [2.75, 3.05) is 0 Å². The van der Waals surface area contributed by atoms with Crippen molar-refractivity contribution in [2.45, 2.75) is 13.8 Å². The number of halogens is 2. The van der Waals surface area contributed by atoms with E-state index in [1.807, 2.05) is 0 Å². The van der Waals surface area contributed by atoms with Gasteiger partial charge in [-0.1, -0.05) is 17.7 Å². The second-order valence-corrected chi connectivity index (χ2v) is 4.82. The molecule has 0 saturated carbocycles. The summed E-state index contributed by atoms with van der Waals surface area (Å²) in [6, 6.07) is 7.72. The molecule has 0 bridgehead atoms. The van der Waals surface area contributed by atoms with Crippen LogP contribution in [0.25, 0.3) is 11.1 Å². The van der Waals surface area contributed by atoms with Gasteiger partial charge in [0.1, 0.15) is 5.82 Å². The highest BCUT2D eigenvalue weighted by Crippen LogP contribution is 2.32. The first-order valence-corrected chi connectivity index (χ1v) is 6.08. The lowest BCUT2D eigenvalue weighted by Gasteiger charge is -2.10. The second-order valence-electron chi connectivity index (χ2n) is 4.42. The molecule has 2 aromatic carbocycles. The standard InChI is InChI=1S/C15H12ClFO2/c1-8-5-10(15(18)19)3-4-11(8)12-6-9(2)14(17)7-13(12)16/h3-7H,1-2H3,(H,18,19). The average molecular weight is 279 g/mol. The highest BCUT2D eigenvalue weighted by molar-refractivity contribution is 6.33. The van der Waals surface area contributed by atoms with Crippen molar-refractivity contribution in [3.05, 3.63) is 57.9 Å². The minimum Gasteiger partial charge on any atom is -0.478 e. The molecule has 0 aromatic heterocycles. The number of aryl methyl sites for hydroxylation is 2. The Balaban J connectivity index is 2.59. The van der Waals surface area contributed by atoms with Crippen molar-refractivity contribution in [2.24, 2.45) is 0 Å². The Morgan fingerprint density at radius 2 is 1.79 bits per heavy atom. The summed E-state index contributed by atoms with van der Waals surface area (Å²) in [5.74, 6) is -1.33. The molecule has 0 radical (unpaired) electrons. The Kier molecular flexibility index (Phi) is 3.58. The highest BCUT2D eigenvalue weighted by atomic mass is 35.5. The molecule has 0 aliphatic rings. The van der Waals surface area contributed by atoms with E-state index in [1.54, 1.807) is 32.0 Å². The SMILES string of the molecule is Cc1cc(-c2ccc(C(=O)O)cc2C)c(Cl)cc1F. The van der Waals surface area contributed by atoms with Gasteiger partial charge in [-0.05, 0) is 54.8 Å². The van der Waals surface area contributed by atoms with Crippen molar-refractivity contribution in [1.82, 2.24) is 0 Å². The molecule has 2 rings (SSSR count). The maximum Gasteiger partial charge on any atom is 0.335 e. The van der Waals surface area contributed by atoms with Gasteiger partial charge in [-0.2, -0.15) is 0 Å². The summed E-state index contributed by atoms with van der Waals surface area (Å²) >= 11 is 6.05. The smallest absolute Gasteiger partial charge is 0.335 e. The molecule has 0 fully saturated rings. The lowest BCUT2D eigenvalue weighted by Crippen LogP contribution is -1.97. The number of aromatic carboxylic acids is 1. The fourth-order valence-electron chi connectivity index (χ4n) is 1.96. The van der Waals surface area contributed by atoms with E-state index in [4.69, 9.17) is 16.7 Å². The van der Waals surface area contributed by atoms with Crippen LogP contribution in [-0.4, -0.2) is 11.1 Å². The molecule has 0 spiro atoms. The van der Waals surface area contributed by atoms with E-state index in [0.29, 0.717) is 16.1 Å². The predicted octanol–water partition coefficient (Wildman–Crippen LogP) is 4.46. The van der Waals surface area contributed by atoms with Gasteiger partial charge in [-0.15, -0.1) is 0 Å². The van der Waals surface area contributed by atoms with E-state index in [9.17, 15) is 9.18 Å². The number of benzene rings is 2. The number of hydrogen-bond donors (Lipinski definition) is 1. The van der Waals surface area contributed by atoms with Gasteiger partial charge in [0.05, 0.1) is 10.6 Å². The van der Waals surface area contributed by atoms with E-state index in [1.165, 1.54) is 12.1 Å². The molecule has 0 unspecified atom stereocenters. The molecule has 98 valence electrons. The quantitative estimate of drug-likeness (QED) is 0.880. The molecular weight excluding hydrogens is 267 g/mol. The minimum absolute atomic E-state index is 0.219. The van der Waals surface area contributed by atoms with E-state index >= 15 is 0 Å². The lowest BCUT2D eigenvalue weighted by atomic mass is 9.97. The van der Waals surface area contributed by atoms with Crippen molar-refractivity contribution in [3.8, 4) is 11.1 Å². The molecule has 0 aliphatic heterocycles. The fraction of sp³-hybridized carbons (Fsp3) is 0.133. The Morgan fingerprint density at radius 1 is 1.11 bits per heavy atom.